The zero-order valence-corrected chi connectivity index (χ0v) is 6.45. The molecule has 1 atom stereocenters. The molecule has 0 saturated heterocycles. The molecule has 1 aromatic rings. The molecule has 1 unspecified atom stereocenters. The van der Waals surface area contributed by atoms with Crippen LogP contribution < -0.4 is 0 Å². The summed E-state index contributed by atoms with van der Waals surface area (Å²) in [6.45, 7) is 0. The minimum absolute atomic E-state index is 0.0116. The van der Waals surface area contributed by atoms with Crippen LogP contribution in [0.25, 0.3) is 0 Å². The molecule has 4 heteroatoms. The van der Waals surface area contributed by atoms with Gasteiger partial charge >= 0.3 is 11.8 Å². The lowest BCUT2D eigenvalue weighted by Gasteiger charge is -2.08. The molecule has 1 aromatic carbocycles. The Bertz CT molecular complexity index is 424. The molecule has 0 aromatic heterocycles. The fourth-order valence-electron chi connectivity index (χ4n) is 1.26. The van der Waals surface area contributed by atoms with Gasteiger partial charge in [-0.1, -0.05) is 18.2 Å². The number of hydrogen-bond acceptors (Lipinski definition) is 3. The minimum Gasteiger partial charge on any atom is -0.407 e. The third-order valence-corrected chi connectivity index (χ3v) is 1.87. The number of cyclic esters (lactones) is 1. The van der Waals surface area contributed by atoms with E-state index >= 15 is 0 Å². The zero-order chi connectivity index (χ0) is 9.47. The Labute approximate surface area is 73.4 Å². The van der Waals surface area contributed by atoms with Crippen molar-refractivity contribution >= 4 is 5.97 Å². The number of benzene rings is 1. The molecule has 1 aliphatic rings. The average Bonchev–Trinajstić information content (AvgIpc) is 2.42. The number of fused-ring (bicyclic) bond motifs is 1. The van der Waals surface area contributed by atoms with Gasteiger partial charge in [0.15, 0.2) is 6.07 Å². The summed E-state index contributed by atoms with van der Waals surface area (Å²) in [7, 11) is 0. The Morgan fingerprint density at radius 2 is 2.15 bits per heavy atom. The maximum absolute atomic E-state index is 13.5. The number of alkyl halides is 1. The van der Waals surface area contributed by atoms with Gasteiger partial charge in [-0.05, 0) is 6.07 Å². The second kappa shape index (κ2) is 2.30. The van der Waals surface area contributed by atoms with Gasteiger partial charge in [0, 0.05) is 0 Å². The van der Waals surface area contributed by atoms with Crippen LogP contribution in [0.1, 0.15) is 15.9 Å². The van der Waals surface area contributed by atoms with E-state index in [9.17, 15) is 9.18 Å². The number of rotatable bonds is 0. The molecule has 0 radical (unpaired) electrons. The molecule has 13 heavy (non-hydrogen) atoms. The summed E-state index contributed by atoms with van der Waals surface area (Å²) in [4.78, 5) is 11.0. The number of esters is 1. The lowest BCUT2D eigenvalue weighted by atomic mass is 10.0. The van der Waals surface area contributed by atoms with Crippen molar-refractivity contribution in [1.29, 1.82) is 5.26 Å². The van der Waals surface area contributed by atoms with Crippen molar-refractivity contribution in [2.45, 2.75) is 5.85 Å². The van der Waals surface area contributed by atoms with Crippen LogP contribution in [-0.2, 0) is 10.6 Å². The van der Waals surface area contributed by atoms with Crippen molar-refractivity contribution in [3.8, 4) is 6.07 Å². The van der Waals surface area contributed by atoms with E-state index in [1.165, 1.54) is 18.2 Å². The third kappa shape index (κ3) is 0.905. The molecule has 2 rings (SSSR count). The van der Waals surface area contributed by atoms with E-state index < -0.39 is 11.8 Å². The Hall–Kier alpha value is -1.89. The Morgan fingerprint density at radius 3 is 2.85 bits per heavy atom. The van der Waals surface area contributed by atoms with Crippen molar-refractivity contribution in [1.82, 2.24) is 0 Å². The van der Waals surface area contributed by atoms with Crippen LogP contribution in [0.15, 0.2) is 24.3 Å². The van der Waals surface area contributed by atoms with Gasteiger partial charge in [-0.25, -0.2) is 4.79 Å². The fraction of sp³-hybridized carbons (Fsp3) is 0.111. The van der Waals surface area contributed by atoms with Gasteiger partial charge in [-0.3, -0.25) is 0 Å². The van der Waals surface area contributed by atoms with Crippen LogP contribution in [0.4, 0.5) is 4.39 Å². The van der Waals surface area contributed by atoms with Gasteiger partial charge < -0.3 is 4.74 Å². The third-order valence-electron chi connectivity index (χ3n) is 1.87. The second-order valence-electron chi connectivity index (χ2n) is 2.64. The topological polar surface area (TPSA) is 50.1 Å². The molecule has 0 spiro atoms. The lowest BCUT2D eigenvalue weighted by molar-refractivity contribution is -0.0534. The SMILES string of the molecule is N#CC1(F)OC(=O)c2ccccc21. The molecule has 1 heterocycles. The van der Waals surface area contributed by atoms with E-state index in [4.69, 9.17) is 5.26 Å². The van der Waals surface area contributed by atoms with Gasteiger partial charge in [0.1, 0.15) is 0 Å². The lowest BCUT2D eigenvalue weighted by Crippen LogP contribution is -2.16. The Kier molecular flexibility index (Phi) is 1.37. The van der Waals surface area contributed by atoms with Crippen LogP contribution in [0.5, 0.6) is 0 Å². The molecule has 0 N–H and O–H groups in total. The van der Waals surface area contributed by atoms with Crippen LogP contribution in [0.3, 0.4) is 0 Å². The van der Waals surface area contributed by atoms with Crippen LogP contribution in [0, 0.1) is 11.3 Å². The van der Waals surface area contributed by atoms with Crippen molar-refractivity contribution in [2.24, 2.45) is 0 Å². The first-order valence-electron chi connectivity index (χ1n) is 3.60. The van der Waals surface area contributed by atoms with Crippen molar-refractivity contribution in [3.63, 3.8) is 0 Å². The highest BCUT2D eigenvalue weighted by Gasteiger charge is 2.46. The highest BCUT2D eigenvalue weighted by Crippen LogP contribution is 2.36. The number of halogens is 1. The fourth-order valence-corrected chi connectivity index (χ4v) is 1.26. The van der Waals surface area contributed by atoms with Crippen LogP contribution >= 0.6 is 0 Å². The van der Waals surface area contributed by atoms with Crippen LogP contribution in [0.2, 0.25) is 0 Å². The number of ether oxygens (including phenoxy) is 1. The van der Waals surface area contributed by atoms with E-state index in [1.807, 2.05) is 0 Å². The van der Waals surface area contributed by atoms with E-state index in [2.05, 4.69) is 4.74 Å². The normalized spacial score (nSPS) is 24.8. The molecule has 0 fully saturated rings. The first-order valence-corrected chi connectivity index (χ1v) is 3.60. The summed E-state index contributed by atoms with van der Waals surface area (Å²) in [5.74, 6) is -3.40. The molecule has 3 nitrogen and oxygen atoms in total. The van der Waals surface area contributed by atoms with Gasteiger partial charge in [-0.2, -0.15) is 9.65 Å². The first kappa shape index (κ1) is 7.74. The van der Waals surface area contributed by atoms with Gasteiger partial charge in [-0.15, -0.1) is 0 Å². The quantitative estimate of drug-likeness (QED) is 0.564. The number of carbonyl (C=O) groups is 1. The molecule has 0 saturated carbocycles. The predicted octanol–water partition coefficient (Wildman–Crippen LogP) is 1.50. The maximum Gasteiger partial charge on any atom is 0.366 e. The molecule has 0 amide bonds. The van der Waals surface area contributed by atoms with Crippen LogP contribution in [-0.4, -0.2) is 5.97 Å². The first-order chi connectivity index (χ1) is 6.17. The number of nitriles is 1. The summed E-state index contributed by atoms with van der Waals surface area (Å²) >= 11 is 0. The van der Waals surface area contributed by atoms with Crippen molar-refractivity contribution in [3.05, 3.63) is 35.4 Å². The van der Waals surface area contributed by atoms with Crippen molar-refractivity contribution < 1.29 is 13.9 Å². The van der Waals surface area contributed by atoms with Gasteiger partial charge in [0.25, 0.3) is 0 Å². The number of nitrogens with zero attached hydrogens (tertiary/aromatic N) is 1. The van der Waals surface area contributed by atoms with E-state index in [0.717, 1.165) is 0 Å². The summed E-state index contributed by atoms with van der Waals surface area (Å²) in [5, 5.41) is 8.49. The highest BCUT2D eigenvalue weighted by atomic mass is 19.2. The second-order valence-corrected chi connectivity index (χ2v) is 2.64. The van der Waals surface area contributed by atoms with E-state index in [-0.39, 0.29) is 11.1 Å². The average molecular weight is 177 g/mol. The number of hydrogen-bond donors (Lipinski definition) is 0. The Morgan fingerprint density at radius 1 is 1.46 bits per heavy atom. The highest BCUT2D eigenvalue weighted by molar-refractivity contribution is 5.94. The molecular weight excluding hydrogens is 173 g/mol. The van der Waals surface area contributed by atoms with Gasteiger partial charge in [0.05, 0.1) is 11.1 Å². The van der Waals surface area contributed by atoms with E-state index in [1.54, 1.807) is 12.1 Å². The molecule has 1 aliphatic heterocycles. The minimum atomic E-state index is -2.60. The maximum atomic E-state index is 13.5. The summed E-state index contributed by atoms with van der Waals surface area (Å²) in [6.07, 6.45) is 0. The standard InChI is InChI=1S/C9H4FNO2/c10-9(5-11)7-4-2-1-3-6(7)8(12)13-9/h1-4H. The largest absolute Gasteiger partial charge is 0.407 e. The summed E-state index contributed by atoms with van der Waals surface area (Å²) in [6, 6.07) is 7.24. The zero-order valence-electron chi connectivity index (χ0n) is 6.45. The molecule has 64 valence electrons. The summed E-state index contributed by atoms with van der Waals surface area (Å²) < 4.78 is 17.8. The van der Waals surface area contributed by atoms with E-state index in [0.29, 0.717) is 0 Å². The molecule has 0 bridgehead atoms. The smallest absolute Gasteiger partial charge is 0.366 e. The monoisotopic (exact) mass is 177 g/mol. The Balaban J connectivity index is 2.68. The molecule has 0 aliphatic carbocycles. The summed E-state index contributed by atoms with van der Waals surface area (Å²) in [5.41, 5.74) is 0.106. The van der Waals surface area contributed by atoms with Crippen molar-refractivity contribution in [2.75, 3.05) is 0 Å². The predicted molar refractivity (Wildman–Crippen MR) is 40.3 cm³/mol. The van der Waals surface area contributed by atoms with Gasteiger partial charge in [0.2, 0.25) is 0 Å². The number of carbonyl (C=O) groups excluding carboxylic acids is 1. The molecular formula is C9H4FNO2.